The minimum absolute atomic E-state index is 0.0749. The zero-order valence-corrected chi connectivity index (χ0v) is 16.2. The molecule has 0 saturated heterocycles. The number of rotatable bonds is 6. The summed E-state index contributed by atoms with van der Waals surface area (Å²) in [4.78, 5) is 18.1. The van der Waals surface area contributed by atoms with Gasteiger partial charge in [0.25, 0.3) is 5.91 Å². The van der Waals surface area contributed by atoms with Crippen molar-refractivity contribution < 1.29 is 9.53 Å². The molecular weight excluding hydrogens is 326 g/mol. The topological polar surface area (TPSA) is 57.4 Å². The fourth-order valence-corrected chi connectivity index (χ4v) is 3.49. The van der Waals surface area contributed by atoms with Gasteiger partial charge in [-0.3, -0.25) is 4.79 Å². The van der Waals surface area contributed by atoms with E-state index in [9.17, 15) is 4.79 Å². The predicted molar refractivity (Wildman–Crippen MR) is 107 cm³/mol. The zero-order chi connectivity index (χ0) is 18.8. The molecule has 1 amide bonds. The fourth-order valence-electron chi connectivity index (χ4n) is 3.49. The number of fused-ring (bicyclic) bond motifs is 1. The monoisotopic (exact) mass is 353 g/mol. The number of hydrogen-bond donors (Lipinski definition) is 2. The van der Waals surface area contributed by atoms with Crippen molar-refractivity contribution in [1.29, 1.82) is 0 Å². The highest BCUT2D eigenvalue weighted by atomic mass is 16.5. The van der Waals surface area contributed by atoms with Crippen LogP contribution in [-0.2, 0) is 11.2 Å². The number of hydrogen-bond acceptors (Lipinski definition) is 3. The number of nitrogens with one attached hydrogen (secondary N) is 2. The van der Waals surface area contributed by atoms with Gasteiger partial charge in [-0.15, -0.1) is 0 Å². The van der Waals surface area contributed by atoms with Crippen LogP contribution in [0, 0.1) is 13.8 Å². The van der Waals surface area contributed by atoms with E-state index in [1.165, 1.54) is 16.8 Å². The second kappa shape index (κ2) is 7.38. The Kier molecular flexibility index (Phi) is 5.18. The first-order chi connectivity index (χ1) is 12.4. The molecule has 3 rings (SSSR count). The molecule has 5 nitrogen and oxygen atoms in total. The van der Waals surface area contributed by atoms with E-state index in [4.69, 9.17) is 4.74 Å². The van der Waals surface area contributed by atoms with Crippen LogP contribution in [0.1, 0.15) is 34.5 Å². The summed E-state index contributed by atoms with van der Waals surface area (Å²) in [5.41, 5.74) is 7.17. The third-order valence-corrected chi connectivity index (χ3v) is 4.96. The van der Waals surface area contributed by atoms with Gasteiger partial charge in [-0.25, -0.2) is 0 Å². The number of anilines is 1. The fraction of sp³-hybridized carbons (Fsp3) is 0.381. The number of aromatic amines is 1. The van der Waals surface area contributed by atoms with Crippen LogP contribution in [0.2, 0.25) is 0 Å². The van der Waals surface area contributed by atoms with E-state index in [1.807, 2.05) is 24.3 Å². The number of aryl methyl sites for hydroxylation is 1. The lowest BCUT2D eigenvalue weighted by atomic mass is 10.0. The van der Waals surface area contributed by atoms with E-state index in [0.29, 0.717) is 5.57 Å². The summed E-state index contributed by atoms with van der Waals surface area (Å²) in [6.45, 7) is 5.30. The lowest BCUT2D eigenvalue weighted by Gasteiger charge is -2.09. The minimum Gasteiger partial charge on any atom is -0.497 e. The summed E-state index contributed by atoms with van der Waals surface area (Å²) in [7, 11) is 5.81. The summed E-state index contributed by atoms with van der Waals surface area (Å²) in [6, 6.07) is 5.67. The first-order valence-electron chi connectivity index (χ1n) is 8.95. The van der Waals surface area contributed by atoms with Crippen molar-refractivity contribution in [2.24, 2.45) is 0 Å². The van der Waals surface area contributed by atoms with Gasteiger partial charge in [0, 0.05) is 23.0 Å². The number of carbonyl (C=O) groups is 1. The molecule has 0 saturated carbocycles. The molecule has 0 bridgehead atoms. The molecule has 26 heavy (non-hydrogen) atoms. The van der Waals surface area contributed by atoms with Gasteiger partial charge in [-0.05, 0) is 76.7 Å². The lowest BCUT2D eigenvalue weighted by Crippen LogP contribution is -2.13. The Morgan fingerprint density at radius 1 is 1.23 bits per heavy atom. The standard InChI is InChI=1S/C21H27N3O2/c1-13-16(7-6-10-24(3)4)14(2)22-19(13)12-18-17-9-8-15(26-5)11-20(17)23-21(18)25/h8-9,11-12,22H,6-7,10H2,1-5H3,(H,23,25)/b18-12-. The number of ether oxygens (including phenoxy) is 1. The predicted octanol–water partition coefficient (Wildman–Crippen LogP) is 3.63. The maximum absolute atomic E-state index is 12.4. The SMILES string of the molecule is COc1ccc2c(c1)NC(=O)/C2=C\c1[nH]c(C)c(CCCN(C)C)c1C. The third-order valence-electron chi connectivity index (χ3n) is 4.96. The first kappa shape index (κ1) is 18.3. The molecule has 2 heterocycles. The van der Waals surface area contributed by atoms with Gasteiger partial charge in [0.15, 0.2) is 0 Å². The number of aromatic nitrogens is 1. The Balaban J connectivity index is 1.90. The number of nitrogens with zero attached hydrogens (tertiary/aromatic N) is 1. The molecule has 2 aromatic rings. The molecular formula is C21H27N3O2. The Labute approximate surface area is 155 Å². The van der Waals surface area contributed by atoms with Crippen LogP contribution in [0.15, 0.2) is 18.2 Å². The highest BCUT2D eigenvalue weighted by Crippen LogP contribution is 2.36. The Bertz CT molecular complexity index is 862. The minimum atomic E-state index is -0.0749. The largest absolute Gasteiger partial charge is 0.497 e. The van der Waals surface area contributed by atoms with Crippen LogP contribution in [0.4, 0.5) is 5.69 Å². The molecule has 0 radical (unpaired) electrons. The van der Waals surface area contributed by atoms with Crippen LogP contribution < -0.4 is 10.1 Å². The third kappa shape index (κ3) is 3.53. The van der Waals surface area contributed by atoms with E-state index in [1.54, 1.807) is 7.11 Å². The molecule has 2 N–H and O–H groups in total. The highest BCUT2D eigenvalue weighted by Gasteiger charge is 2.25. The van der Waals surface area contributed by atoms with Gasteiger partial charge in [0.1, 0.15) is 5.75 Å². The molecule has 1 aromatic carbocycles. The first-order valence-corrected chi connectivity index (χ1v) is 8.95. The quantitative estimate of drug-likeness (QED) is 0.780. The summed E-state index contributed by atoms with van der Waals surface area (Å²) in [6.07, 6.45) is 4.12. The summed E-state index contributed by atoms with van der Waals surface area (Å²) in [5, 5.41) is 2.92. The molecule has 0 aliphatic carbocycles. The smallest absolute Gasteiger partial charge is 0.256 e. The molecule has 1 aromatic heterocycles. The van der Waals surface area contributed by atoms with E-state index >= 15 is 0 Å². The number of amides is 1. The van der Waals surface area contributed by atoms with E-state index in [2.05, 4.69) is 43.1 Å². The molecule has 0 unspecified atom stereocenters. The Morgan fingerprint density at radius 3 is 2.69 bits per heavy atom. The highest BCUT2D eigenvalue weighted by molar-refractivity contribution is 6.35. The Morgan fingerprint density at radius 2 is 2.00 bits per heavy atom. The van der Waals surface area contributed by atoms with Crippen molar-refractivity contribution in [2.75, 3.05) is 33.1 Å². The van der Waals surface area contributed by atoms with Crippen molar-refractivity contribution in [1.82, 2.24) is 9.88 Å². The Hall–Kier alpha value is -2.53. The molecule has 138 valence electrons. The van der Waals surface area contributed by atoms with E-state index in [-0.39, 0.29) is 5.91 Å². The van der Waals surface area contributed by atoms with Crippen molar-refractivity contribution in [3.63, 3.8) is 0 Å². The van der Waals surface area contributed by atoms with Crippen molar-refractivity contribution in [3.8, 4) is 5.75 Å². The summed E-state index contributed by atoms with van der Waals surface area (Å²) < 4.78 is 5.24. The summed E-state index contributed by atoms with van der Waals surface area (Å²) >= 11 is 0. The van der Waals surface area contributed by atoms with Crippen LogP contribution in [0.3, 0.4) is 0 Å². The maximum Gasteiger partial charge on any atom is 0.256 e. The summed E-state index contributed by atoms with van der Waals surface area (Å²) in [5.74, 6) is 0.662. The zero-order valence-electron chi connectivity index (χ0n) is 16.2. The molecule has 0 fully saturated rings. The van der Waals surface area contributed by atoms with Gasteiger partial charge in [-0.1, -0.05) is 0 Å². The number of carbonyl (C=O) groups excluding carboxylic acids is 1. The van der Waals surface area contributed by atoms with Crippen LogP contribution in [-0.4, -0.2) is 43.5 Å². The van der Waals surface area contributed by atoms with Gasteiger partial charge < -0.3 is 19.9 Å². The van der Waals surface area contributed by atoms with E-state index < -0.39 is 0 Å². The molecule has 0 atom stereocenters. The number of methoxy groups -OCH3 is 1. The van der Waals surface area contributed by atoms with Gasteiger partial charge >= 0.3 is 0 Å². The number of H-pyrrole nitrogens is 1. The van der Waals surface area contributed by atoms with E-state index in [0.717, 1.165) is 42.1 Å². The van der Waals surface area contributed by atoms with Crippen molar-refractivity contribution in [3.05, 3.63) is 46.3 Å². The maximum atomic E-state index is 12.4. The second-order valence-electron chi connectivity index (χ2n) is 7.10. The van der Waals surface area contributed by atoms with Crippen LogP contribution in [0.5, 0.6) is 5.75 Å². The van der Waals surface area contributed by atoms with Crippen molar-refractivity contribution in [2.45, 2.75) is 26.7 Å². The average Bonchev–Trinajstić information content (AvgIpc) is 3.05. The normalized spacial score (nSPS) is 14.8. The van der Waals surface area contributed by atoms with Crippen LogP contribution >= 0.6 is 0 Å². The number of benzene rings is 1. The van der Waals surface area contributed by atoms with Crippen LogP contribution in [0.25, 0.3) is 11.6 Å². The molecule has 1 aliphatic rings. The molecule has 5 heteroatoms. The van der Waals surface area contributed by atoms with Gasteiger partial charge in [-0.2, -0.15) is 0 Å². The lowest BCUT2D eigenvalue weighted by molar-refractivity contribution is -0.110. The van der Waals surface area contributed by atoms with Gasteiger partial charge in [0.05, 0.1) is 18.4 Å². The van der Waals surface area contributed by atoms with Crippen molar-refractivity contribution >= 4 is 23.2 Å². The second-order valence-corrected chi connectivity index (χ2v) is 7.10. The molecule has 0 spiro atoms. The van der Waals surface area contributed by atoms with Gasteiger partial charge in [0.2, 0.25) is 0 Å². The average molecular weight is 353 g/mol. The molecule has 1 aliphatic heterocycles.